The van der Waals surface area contributed by atoms with Gasteiger partial charge in [-0.05, 0) is 44.0 Å². The quantitative estimate of drug-likeness (QED) is 0.911. The first-order valence-corrected chi connectivity index (χ1v) is 7.91. The average molecular weight is 309 g/mol. The molecule has 0 bridgehead atoms. The molecule has 0 aliphatic carbocycles. The largest absolute Gasteiger partial charge is 0.369 e. The van der Waals surface area contributed by atoms with Crippen LogP contribution in [0.1, 0.15) is 24.8 Å². The number of ether oxygens (including phenoxy) is 1. The zero-order valence-corrected chi connectivity index (χ0v) is 12.9. The van der Waals surface area contributed by atoms with Gasteiger partial charge in [-0.1, -0.05) is 29.8 Å². The highest BCUT2D eigenvalue weighted by Gasteiger charge is 2.43. The second-order valence-electron chi connectivity index (χ2n) is 5.89. The number of morpholine rings is 1. The molecule has 2 aliphatic heterocycles. The van der Waals surface area contributed by atoms with Gasteiger partial charge in [-0.2, -0.15) is 0 Å². The minimum absolute atomic E-state index is 0.0723. The number of nitrogens with one attached hydrogen (secondary N) is 1. The van der Waals surface area contributed by atoms with Crippen LogP contribution >= 0.6 is 11.6 Å². The number of nitrogens with zero attached hydrogens (tertiary/aromatic N) is 1. The molecular formula is C16H21ClN2O2. The number of carbonyl (C=O) groups excluding carboxylic acids is 1. The zero-order chi connectivity index (χ0) is 14.7. The summed E-state index contributed by atoms with van der Waals surface area (Å²) in [5.74, 6) is 0.0723. The van der Waals surface area contributed by atoms with Crippen LogP contribution in [0.25, 0.3) is 0 Å². The van der Waals surface area contributed by atoms with E-state index in [9.17, 15) is 4.79 Å². The van der Waals surface area contributed by atoms with Crippen molar-refractivity contribution in [2.24, 2.45) is 0 Å². The first-order chi connectivity index (χ1) is 10.2. The maximum Gasteiger partial charge on any atom is 0.249 e. The number of hydrogen-bond donors (Lipinski definition) is 1. The molecule has 2 fully saturated rings. The Balaban J connectivity index is 1.87. The minimum Gasteiger partial charge on any atom is -0.369 e. The number of rotatable bonds is 2. The van der Waals surface area contributed by atoms with Crippen molar-refractivity contribution in [2.75, 3.05) is 26.3 Å². The van der Waals surface area contributed by atoms with Crippen LogP contribution in [-0.4, -0.2) is 42.6 Å². The van der Waals surface area contributed by atoms with Crippen LogP contribution in [0.2, 0.25) is 5.02 Å². The Morgan fingerprint density at radius 3 is 3.00 bits per heavy atom. The van der Waals surface area contributed by atoms with Crippen LogP contribution in [0.3, 0.4) is 0 Å². The molecule has 1 aromatic carbocycles. The fraction of sp³-hybridized carbons (Fsp3) is 0.562. The maximum atomic E-state index is 12.4. The van der Waals surface area contributed by atoms with Gasteiger partial charge in [0.1, 0.15) is 6.61 Å². The monoisotopic (exact) mass is 308 g/mol. The summed E-state index contributed by atoms with van der Waals surface area (Å²) in [6.45, 7) is 3.32. The third-order valence-electron chi connectivity index (χ3n) is 4.52. The van der Waals surface area contributed by atoms with E-state index < -0.39 is 0 Å². The van der Waals surface area contributed by atoms with E-state index in [2.05, 4.69) is 5.32 Å². The fourth-order valence-electron chi connectivity index (χ4n) is 3.33. The van der Waals surface area contributed by atoms with E-state index in [1.807, 2.05) is 29.2 Å². The minimum atomic E-state index is -0.183. The molecule has 1 atom stereocenters. The predicted molar refractivity (Wildman–Crippen MR) is 82.3 cm³/mol. The molecule has 0 radical (unpaired) electrons. The van der Waals surface area contributed by atoms with E-state index in [1.54, 1.807) is 0 Å². The van der Waals surface area contributed by atoms with Crippen LogP contribution in [0.15, 0.2) is 24.3 Å². The van der Waals surface area contributed by atoms with Gasteiger partial charge in [-0.3, -0.25) is 4.79 Å². The van der Waals surface area contributed by atoms with Gasteiger partial charge in [0.15, 0.2) is 0 Å². The maximum absolute atomic E-state index is 12.4. The number of amides is 1. The lowest BCUT2D eigenvalue weighted by Crippen LogP contribution is -2.59. The van der Waals surface area contributed by atoms with Crippen molar-refractivity contribution in [3.63, 3.8) is 0 Å². The van der Waals surface area contributed by atoms with Crippen molar-refractivity contribution in [1.29, 1.82) is 0 Å². The van der Waals surface area contributed by atoms with E-state index in [4.69, 9.17) is 16.3 Å². The normalized spacial score (nSPS) is 26.9. The third-order valence-corrected chi connectivity index (χ3v) is 4.89. The predicted octanol–water partition coefficient (Wildman–Crippen LogP) is 2.21. The number of benzene rings is 1. The third kappa shape index (κ3) is 3.07. The summed E-state index contributed by atoms with van der Waals surface area (Å²) in [5, 5.41) is 4.13. The topological polar surface area (TPSA) is 41.6 Å². The fourth-order valence-corrected chi connectivity index (χ4v) is 3.52. The molecular weight excluding hydrogens is 288 g/mol. The molecule has 1 unspecified atom stereocenters. The summed E-state index contributed by atoms with van der Waals surface area (Å²) in [5.41, 5.74) is 0.823. The van der Waals surface area contributed by atoms with E-state index in [0.29, 0.717) is 13.2 Å². The second-order valence-corrected chi connectivity index (χ2v) is 6.30. The van der Waals surface area contributed by atoms with Crippen LogP contribution in [-0.2, 0) is 16.1 Å². The molecule has 2 aliphatic rings. The molecule has 21 heavy (non-hydrogen) atoms. The highest BCUT2D eigenvalue weighted by molar-refractivity contribution is 6.31. The molecule has 4 nitrogen and oxygen atoms in total. The van der Waals surface area contributed by atoms with Gasteiger partial charge >= 0.3 is 0 Å². The molecule has 1 spiro atoms. The highest BCUT2D eigenvalue weighted by atomic mass is 35.5. The van der Waals surface area contributed by atoms with Gasteiger partial charge in [0.25, 0.3) is 0 Å². The van der Waals surface area contributed by atoms with Crippen LogP contribution in [0, 0.1) is 0 Å². The molecule has 1 N–H and O–H groups in total. The van der Waals surface area contributed by atoms with Crippen molar-refractivity contribution < 1.29 is 9.53 Å². The van der Waals surface area contributed by atoms with Gasteiger partial charge in [-0.15, -0.1) is 0 Å². The smallest absolute Gasteiger partial charge is 0.249 e. The lowest BCUT2D eigenvalue weighted by Gasteiger charge is -2.46. The average Bonchev–Trinajstić information content (AvgIpc) is 2.71. The van der Waals surface area contributed by atoms with Crippen molar-refractivity contribution in [1.82, 2.24) is 10.2 Å². The Hall–Kier alpha value is -1.10. The Morgan fingerprint density at radius 2 is 2.14 bits per heavy atom. The van der Waals surface area contributed by atoms with Crippen LogP contribution in [0.4, 0.5) is 0 Å². The summed E-state index contributed by atoms with van der Waals surface area (Å²) < 4.78 is 5.58. The standard InChI is InChI=1S/C16H21ClN2O2/c17-14-5-2-1-4-13(14)10-19-15(20)11-21-12-16(19)6-3-8-18-9-7-16/h1-2,4-5,18H,3,6-12H2. The molecule has 0 saturated carbocycles. The number of hydrogen-bond acceptors (Lipinski definition) is 3. The Bertz CT molecular complexity index is 513. The molecule has 3 rings (SSSR count). The SMILES string of the molecule is O=C1COCC2(CCCNCC2)N1Cc1ccccc1Cl. The Labute approximate surface area is 130 Å². The van der Waals surface area contributed by atoms with Gasteiger partial charge in [0, 0.05) is 11.6 Å². The van der Waals surface area contributed by atoms with Crippen LogP contribution < -0.4 is 5.32 Å². The van der Waals surface area contributed by atoms with E-state index in [-0.39, 0.29) is 18.1 Å². The number of halogens is 1. The molecule has 1 aromatic rings. The van der Waals surface area contributed by atoms with E-state index in [0.717, 1.165) is 42.9 Å². The molecule has 0 aromatic heterocycles. The van der Waals surface area contributed by atoms with Crippen molar-refractivity contribution in [3.8, 4) is 0 Å². The van der Waals surface area contributed by atoms with Crippen molar-refractivity contribution in [2.45, 2.75) is 31.3 Å². The summed E-state index contributed by atoms with van der Waals surface area (Å²) in [7, 11) is 0. The second kappa shape index (κ2) is 6.34. The number of carbonyl (C=O) groups is 1. The molecule has 2 saturated heterocycles. The summed E-state index contributed by atoms with van der Waals surface area (Å²) in [4.78, 5) is 14.4. The summed E-state index contributed by atoms with van der Waals surface area (Å²) >= 11 is 6.27. The van der Waals surface area contributed by atoms with Gasteiger partial charge in [0.05, 0.1) is 12.1 Å². The molecule has 114 valence electrons. The van der Waals surface area contributed by atoms with Gasteiger partial charge in [0.2, 0.25) is 5.91 Å². The van der Waals surface area contributed by atoms with Gasteiger partial charge < -0.3 is 15.0 Å². The van der Waals surface area contributed by atoms with Gasteiger partial charge in [-0.25, -0.2) is 0 Å². The van der Waals surface area contributed by atoms with E-state index >= 15 is 0 Å². The zero-order valence-electron chi connectivity index (χ0n) is 12.1. The first-order valence-electron chi connectivity index (χ1n) is 7.54. The Kier molecular flexibility index (Phi) is 4.48. The highest BCUT2D eigenvalue weighted by Crippen LogP contribution is 2.33. The molecule has 1 amide bonds. The Morgan fingerprint density at radius 1 is 1.29 bits per heavy atom. The van der Waals surface area contributed by atoms with Crippen molar-refractivity contribution in [3.05, 3.63) is 34.9 Å². The molecule has 5 heteroatoms. The lowest BCUT2D eigenvalue weighted by atomic mass is 9.87. The lowest BCUT2D eigenvalue weighted by molar-refractivity contribution is -0.160. The van der Waals surface area contributed by atoms with Crippen molar-refractivity contribution >= 4 is 17.5 Å². The first kappa shape index (κ1) is 14.8. The van der Waals surface area contributed by atoms with E-state index in [1.165, 1.54) is 0 Å². The summed E-state index contributed by atoms with van der Waals surface area (Å²) in [6, 6.07) is 7.75. The molecule has 2 heterocycles. The summed E-state index contributed by atoms with van der Waals surface area (Å²) in [6.07, 6.45) is 2.98. The van der Waals surface area contributed by atoms with Crippen LogP contribution in [0.5, 0.6) is 0 Å².